The van der Waals surface area contributed by atoms with Gasteiger partial charge >= 0.3 is 0 Å². The lowest BCUT2D eigenvalue weighted by molar-refractivity contribution is 0.0728. The zero-order chi connectivity index (χ0) is 19.7. The lowest BCUT2D eigenvalue weighted by Gasteiger charge is -2.27. The molecule has 1 N–H and O–H groups in total. The summed E-state index contributed by atoms with van der Waals surface area (Å²) in [5.74, 6) is 0.770. The topological polar surface area (TPSA) is 54.5 Å². The van der Waals surface area contributed by atoms with Gasteiger partial charge in [-0.25, -0.2) is 0 Å². The van der Waals surface area contributed by atoms with Gasteiger partial charge in [0.15, 0.2) is 0 Å². The smallest absolute Gasteiger partial charge is 0.258 e. The number of hydrogen-bond acceptors (Lipinski definition) is 4. The molecule has 5 nitrogen and oxygen atoms in total. The van der Waals surface area contributed by atoms with Crippen LogP contribution < -0.4 is 10.1 Å². The van der Waals surface area contributed by atoms with E-state index in [-0.39, 0.29) is 12.1 Å². The molecular weight excluding hydrogens is 418 g/mol. The number of methoxy groups -OCH3 is 1. The molecule has 142 valence electrons. The maximum Gasteiger partial charge on any atom is 0.258 e. The minimum Gasteiger partial charge on any atom is -0.497 e. The number of rotatable bonds is 5. The molecule has 1 aliphatic rings. The summed E-state index contributed by atoms with van der Waals surface area (Å²) in [5.41, 5.74) is 4.48. The number of aryl methyl sites for hydroxylation is 1. The van der Waals surface area contributed by atoms with Gasteiger partial charge in [0.2, 0.25) is 0 Å². The number of pyridine rings is 1. The number of hydrogen-bond donors (Lipinski definition) is 1. The second-order valence-electron chi connectivity index (χ2n) is 6.73. The van der Waals surface area contributed by atoms with Gasteiger partial charge in [0, 0.05) is 22.9 Å². The van der Waals surface area contributed by atoms with E-state index in [2.05, 4.69) is 32.3 Å². The van der Waals surface area contributed by atoms with Crippen molar-refractivity contribution in [2.45, 2.75) is 19.6 Å². The summed E-state index contributed by atoms with van der Waals surface area (Å²) >= 11 is 3.53. The number of halogens is 1. The third-order valence-electron chi connectivity index (χ3n) is 4.87. The average molecular weight is 438 g/mol. The molecule has 1 amide bonds. The summed E-state index contributed by atoms with van der Waals surface area (Å²) in [4.78, 5) is 19.4. The minimum absolute atomic E-state index is 0.0229. The quantitative estimate of drug-likeness (QED) is 0.614. The van der Waals surface area contributed by atoms with Crippen LogP contribution in [0.4, 0.5) is 5.69 Å². The third kappa shape index (κ3) is 3.47. The predicted molar refractivity (Wildman–Crippen MR) is 112 cm³/mol. The van der Waals surface area contributed by atoms with Crippen molar-refractivity contribution in [3.8, 4) is 5.75 Å². The van der Waals surface area contributed by atoms with Crippen molar-refractivity contribution in [2.24, 2.45) is 0 Å². The summed E-state index contributed by atoms with van der Waals surface area (Å²) in [6.07, 6.45) is 1.40. The standard InChI is InChI=1S/C22H20BrN3O2/c1-14-12-16(7-10-19(14)23)25-21-20-18(4-3-11-24-20)22(27)26(21)13-15-5-8-17(28-2)9-6-15/h3-12,21,25H,13H2,1-2H3. The fraction of sp³-hybridized carbons (Fsp3) is 0.182. The van der Waals surface area contributed by atoms with Crippen LogP contribution in [0, 0.1) is 6.92 Å². The average Bonchev–Trinajstić information content (AvgIpc) is 2.97. The molecule has 0 fully saturated rings. The van der Waals surface area contributed by atoms with Crippen LogP contribution in [0.3, 0.4) is 0 Å². The van der Waals surface area contributed by atoms with Crippen LogP contribution >= 0.6 is 15.9 Å². The molecular formula is C22H20BrN3O2. The van der Waals surface area contributed by atoms with Gasteiger partial charge in [0.1, 0.15) is 11.9 Å². The Bertz CT molecular complexity index is 1020. The molecule has 6 heteroatoms. The Balaban J connectivity index is 1.66. The van der Waals surface area contributed by atoms with Crippen molar-refractivity contribution in [3.05, 3.63) is 87.7 Å². The lowest BCUT2D eigenvalue weighted by atomic mass is 10.2. The number of aromatic nitrogens is 1. The van der Waals surface area contributed by atoms with Crippen molar-refractivity contribution in [2.75, 3.05) is 12.4 Å². The first-order chi connectivity index (χ1) is 13.6. The number of benzene rings is 2. The highest BCUT2D eigenvalue weighted by Crippen LogP contribution is 2.35. The molecule has 0 radical (unpaired) electrons. The highest BCUT2D eigenvalue weighted by Gasteiger charge is 2.37. The van der Waals surface area contributed by atoms with Crippen LogP contribution in [0.15, 0.2) is 65.3 Å². The molecule has 28 heavy (non-hydrogen) atoms. The zero-order valence-electron chi connectivity index (χ0n) is 15.6. The number of carbonyl (C=O) groups is 1. The van der Waals surface area contributed by atoms with E-state index in [0.29, 0.717) is 12.1 Å². The fourth-order valence-corrected chi connectivity index (χ4v) is 3.61. The van der Waals surface area contributed by atoms with Gasteiger partial charge in [0.05, 0.1) is 18.4 Å². The summed E-state index contributed by atoms with van der Waals surface area (Å²) in [6.45, 7) is 2.52. The largest absolute Gasteiger partial charge is 0.497 e. The normalized spacial score (nSPS) is 15.5. The van der Waals surface area contributed by atoms with Crippen molar-refractivity contribution in [1.29, 1.82) is 0 Å². The van der Waals surface area contributed by atoms with Crippen molar-refractivity contribution < 1.29 is 9.53 Å². The Morgan fingerprint density at radius 3 is 2.68 bits per heavy atom. The van der Waals surface area contributed by atoms with Crippen LogP contribution in [0.25, 0.3) is 0 Å². The Kier molecular flexibility index (Phi) is 5.05. The number of carbonyl (C=O) groups excluding carboxylic acids is 1. The van der Waals surface area contributed by atoms with Gasteiger partial charge in [-0.1, -0.05) is 28.1 Å². The van der Waals surface area contributed by atoms with Crippen LogP contribution in [0.2, 0.25) is 0 Å². The Labute approximate surface area is 172 Å². The van der Waals surface area contributed by atoms with Gasteiger partial charge in [-0.2, -0.15) is 0 Å². The fourth-order valence-electron chi connectivity index (χ4n) is 3.37. The number of nitrogens with one attached hydrogen (secondary N) is 1. The van der Waals surface area contributed by atoms with Crippen LogP contribution in [0.1, 0.15) is 33.3 Å². The summed E-state index contributed by atoms with van der Waals surface area (Å²) in [5, 5.41) is 3.49. The number of fused-ring (bicyclic) bond motifs is 1. The van der Waals surface area contributed by atoms with E-state index >= 15 is 0 Å². The number of ether oxygens (including phenoxy) is 1. The molecule has 1 aliphatic heterocycles. The predicted octanol–water partition coefficient (Wildman–Crippen LogP) is 4.93. The zero-order valence-corrected chi connectivity index (χ0v) is 17.2. The molecule has 3 aromatic rings. The summed E-state index contributed by atoms with van der Waals surface area (Å²) in [7, 11) is 1.64. The first-order valence-electron chi connectivity index (χ1n) is 8.98. The molecule has 0 bridgehead atoms. The molecule has 4 rings (SSSR count). The van der Waals surface area contributed by atoms with E-state index in [1.54, 1.807) is 19.4 Å². The van der Waals surface area contributed by atoms with Gasteiger partial charge in [-0.05, 0) is 60.5 Å². The summed E-state index contributed by atoms with van der Waals surface area (Å²) < 4.78 is 6.28. The van der Waals surface area contributed by atoms with Crippen LogP contribution in [-0.2, 0) is 6.54 Å². The van der Waals surface area contributed by atoms with Gasteiger partial charge < -0.3 is 15.0 Å². The molecule has 1 unspecified atom stereocenters. The number of amides is 1. The molecule has 2 aromatic carbocycles. The van der Waals surface area contributed by atoms with E-state index in [0.717, 1.165) is 32.7 Å². The van der Waals surface area contributed by atoms with Crippen molar-refractivity contribution in [1.82, 2.24) is 9.88 Å². The Morgan fingerprint density at radius 2 is 1.96 bits per heavy atom. The van der Waals surface area contributed by atoms with Crippen molar-refractivity contribution in [3.63, 3.8) is 0 Å². The maximum atomic E-state index is 13.1. The monoisotopic (exact) mass is 437 g/mol. The molecule has 0 saturated carbocycles. The van der Waals surface area contributed by atoms with E-state index in [9.17, 15) is 4.79 Å². The molecule has 0 spiro atoms. The molecule has 1 atom stereocenters. The third-order valence-corrected chi connectivity index (χ3v) is 5.76. The summed E-state index contributed by atoms with van der Waals surface area (Å²) in [6, 6.07) is 17.4. The van der Waals surface area contributed by atoms with E-state index in [4.69, 9.17) is 4.74 Å². The van der Waals surface area contributed by atoms with Crippen LogP contribution in [-0.4, -0.2) is 22.9 Å². The molecule has 2 heterocycles. The van der Waals surface area contributed by atoms with Gasteiger partial charge in [-0.3, -0.25) is 9.78 Å². The van der Waals surface area contributed by atoms with Crippen LogP contribution in [0.5, 0.6) is 5.75 Å². The second kappa shape index (κ2) is 7.64. The molecule has 0 aliphatic carbocycles. The molecule has 0 saturated heterocycles. The maximum absolute atomic E-state index is 13.1. The van der Waals surface area contributed by atoms with E-state index < -0.39 is 0 Å². The Morgan fingerprint density at radius 1 is 1.18 bits per heavy atom. The first-order valence-corrected chi connectivity index (χ1v) is 9.77. The van der Waals surface area contributed by atoms with E-state index in [1.807, 2.05) is 54.3 Å². The second-order valence-corrected chi connectivity index (χ2v) is 7.58. The number of nitrogens with zero attached hydrogens (tertiary/aromatic N) is 2. The lowest BCUT2D eigenvalue weighted by Crippen LogP contribution is -2.32. The highest BCUT2D eigenvalue weighted by atomic mass is 79.9. The minimum atomic E-state index is -0.327. The van der Waals surface area contributed by atoms with E-state index in [1.165, 1.54) is 0 Å². The first kappa shape index (κ1) is 18.5. The molecule has 1 aromatic heterocycles. The number of anilines is 1. The Hall–Kier alpha value is -2.86. The van der Waals surface area contributed by atoms with Gasteiger partial charge in [-0.15, -0.1) is 0 Å². The SMILES string of the molecule is COc1ccc(CN2C(=O)c3cccnc3C2Nc2ccc(Br)c(C)c2)cc1. The van der Waals surface area contributed by atoms with Gasteiger partial charge in [0.25, 0.3) is 5.91 Å². The highest BCUT2D eigenvalue weighted by molar-refractivity contribution is 9.10. The van der Waals surface area contributed by atoms with Crippen molar-refractivity contribution >= 4 is 27.5 Å².